The number of amides is 3. The third-order valence-corrected chi connectivity index (χ3v) is 7.73. The summed E-state index contributed by atoms with van der Waals surface area (Å²) in [6.07, 6.45) is -4.77. The fraction of sp³-hybridized carbons (Fsp3) is 0.231. The Kier molecular flexibility index (Phi) is 7.53. The van der Waals surface area contributed by atoms with Gasteiger partial charge in [0.1, 0.15) is 19.0 Å². The summed E-state index contributed by atoms with van der Waals surface area (Å²) in [5, 5.41) is 4.67. The summed E-state index contributed by atoms with van der Waals surface area (Å²) in [5.74, 6) is -4.65. The Morgan fingerprint density at radius 3 is 2.31 bits per heavy atom. The Labute approximate surface area is 219 Å². The molecule has 1 aliphatic rings. The van der Waals surface area contributed by atoms with E-state index in [1.54, 1.807) is 18.2 Å². The zero-order valence-corrected chi connectivity index (χ0v) is 21.5. The molecule has 0 saturated carbocycles. The molecule has 13 heteroatoms. The van der Waals surface area contributed by atoms with Crippen LogP contribution in [0.15, 0.2) is 54.6 Å². The summed E-state index contributed by atoms with van der Waals surface area (Å²) in [6.45, 7) is 2.93. The molecule has 0 aliphatic carbocycles. The van der Waals surface area contributed by atoms with Gasteiger partial charge in [0.05, 0.1) is 16.9 Å². The van der Waals surface area contributed by atoms with Gasteiger partial charge < -0.3 is 20.1 Å². The molecule has 1 fully saturated rings. The van der Waals surface area contributed by atoms with Gasteiger partial charge >= 0.3 is 12.2 Å². The van der Waals surface area contributed by atoms with Crippen LogP contribution in [-0.4, -0.2) is 37.9 Å². The fourth-order valence-corrected chi connectivity index (χ4v) is 5.51. The van der Waals surface area contributed by atoms with Gasteiger partial charge in [-0.2, -0.15) is 13.2 Å². The minimum absolute atomic E-state index is 0.00222. The van der Waals surface area contributed by atoms with E-state index in [9.17, 15) is 31.7 Å². The molecule has 1 heterocycles. The Balaban J connectivity index is 1.50. The van der Waals surface area contributed by atoms with Crippen molar-refractivity contribution in [2.75, 3.05) is 30.1 Å². The van der Waals surface area contributed by atoms with Gasteiger partial charge in [0.2, 0.25) is 5.91 Å². The third-order valence-electron chi connectivity index (χ3n) is 6.18. The quantitative estimate of drug-likeness (QED) is 0.294. The molecular weight excluding hydrogens is 547 g/mol. The van der Waals surface area contributed by atoms with Crippen LogP contribution in [0.2, 0.25) is 0 Å². The molecule has 3 amide bonds. The zero-order valence-electron chi connectivity index (χ0n) is 20.6. The molecule has 0 bridgehead atoms. The number of carbonyl (C=O) groups is 2. The maximum Gasteiger partial charge on any atom is 0.416 e. The van der Waals surface area contributed by atoms with E-state index in [1.807, 2.05) is 5.32 Å². The number of benzene rings is 3. The van der Waals surface area contributed by atoms with E-state index in [2.05, 4.69) is 5.32 Å². The van der Waals surface area contributed by atoms with Gasteiger partial charge in [-0.3, -0.25) is 4.79 Å². The maximum absolute atomic E-state index is 15.2. The average Bonchev–Trinajstić information content (AvgIpc) is 3.20. The van der Waals surface area contributed by atoms with Gasteiger partial charge in [0.25, 0.3) is 0 Å². The molecule has 6 nitrogen and oxygen atoms in total. The van der Waals surface area contributed by atoms with Gasteiger partial charge in [-0.15, -0.1) is 0 Å². The molecule has 0 aromatic heterocycles. The van der Waals surface area contributed by atoms with E-state index >= 15 is 8.78 Å². The van der Waals surface area contributed by atoms with Gasteiger partial charge in [0.15, 0.2) is 11.6 Å². The van der Waals surface area contributed by atoms with Gasteiger partial charge in [-0.25, -0.2) is 18.0 Å². The summed E-state index contributed by atoms with van der Waals surface area (Å²) in [5.41, 5.74) is -2.03. The van der Waals surface area contributed by atoms with Crippen LogP contribution >= 0.6 is 7.14 Å². The smallest absolute Gasteiger partial charge is 0.326 e. The first-order valence-electron chi connectivity index (χ1n) is 11.6. The van der Waals surface area contributed by atoms with E-state index in [4.69, 9.17) is 0 Å². The minimum atomic E-state index is -4.77. The van der Waals surface area contributed by atoms with Crippen molar-refractivity contribution >= 4 is 35.8 Å². The highest BCUT2D eigenvalue weighted by Gasteiger charge is 2.36. The summed E-state index contributed by atoms with van der Waals surface area (Å²) in [7, 11) is -2.83. The standard InChI is InChI=1S/C26H22F6N3O3P/c1-39(2,38)21-6-4-3-5-15(21)16-8-10-20(23(29)22(16)28)35-12-11-19(24(35)36)34-25(37)33-18-9-7-14(13-17(18)27)26(30,31)32/h3-10,13,19H,11-12H2,1-2H3,(H2,33,34,37). The highest BCUT2D eigenvalue weighted by atomic mass is 31.2. The van der Waals surface area contributed by atoms with Crippen molar-refractivity contribution < 1.29 is 40.5 Å². The van der Waals surface area contributed by atoms with Crippen LogP contribution in [0.4, 0.5) is 42.5 Å². The Morgan fingerprint density at radius 1 is 0.974 bits per heavy atom. The minimum Gasteiger partial charge on any atom is -0.326 e. The first-order valence-corrected chi connectivity index (χ1v) is 14.2. The van der Waals surface area contributed by atoms with Crippen LogP contribution in [0, 0.1) is 17.5 Å². The van der Waals surface area contributed by atoms with Crippen molar-refractivity contribution in [3.63, 3.8) is 0 Å². The fourth-order valence-electron chi connectivity index (χ4n) is 4.29. The normalized spacial score (nSPS) is 15.9. The molecule has 1 unspecified atom stereocenters. The van der Waals surface area contributed by atoms with Crippen LogP contribution in [0.5, 0.6) is 0 Å². The van der Waals surface area contributed by atoms with Crippen LogP contribution in [0.25, 0.3) is 11.1 Å². The predicted octanol–water partition coefficient (Wildman–Crippen LogP) is 5.96. The van der Waals surface area contributed by atoms with Crippen LogP contribution in [0.3, 0.4) is 0 Å². The number of nitrogens with zero attached hydrogens (tertiary/aromatic N) is 1. The van der Waals surface area contributed by atoms with E-state index in [1.165, 1.54) is 31.5 Å². The summed E-state index contributed by atoms with van der Waals surface area (Å²) in [6, 6.07) is 8.09. The second-order valence-electron chi connectivity index (χ2n) is 9.25. The summed E-state index contributed by atoms with van der Waals surface area (Å²) >= 11 is 0. The van der Waals surface area contributed by atoms with E-state index in [0.717, 1.165) is 11.0 Å². The molecule has 1 saturated heterocycles. The molecule has 39 heavy (non-hydrogen) atoms. The lowest BCUT2D eigenvalue weighted by Crippen LogP contribution is -2.43. The van der Waals surface area contributed by atoms with Crippen molar-refractivity contribution in [1.82, 2.24) is 5.32 Å². The second kappa shape index (κ2) is 10.4. The molecule has 0 spiro atoms. The Hall–Kier alpha value is -3.79. The number of anilines is 2. The molecule has 3 aromatic rings. The molecule has 2 N–H and O–H groups in total. The first kappa shape index (κ1) is 28.2. The van der Waals surface area contributed by atoms with Crippen LogP contribution in [0.1, 0.15) is 12.0 Å². The molecule has 1 aliphatic heterocycles. The zero-order chi connectivity index (χ0) is 28.7. The summed E-state index contributed by atoms with van der Waals surface area (Å²) in [4.78, 5) is 26.1. The highest BCUT2D eigenvalue weighted by molar-refractivity contribution is 7.70. The van der Waals surface area contributed by atoms with Crippen molar-refractivity contribution in [3.05, 3.63) is 77.6 Å². The van der Waals surface area contributed by atoms with Crippen molar-refractivity contribution in [2.24, 2.45) is 0 Å². The average molecular weight is 569 g/mol. The maximum atomic E-state index is 15.2. The van der Waals surface area contributed by atoms with Crippen molar-refractivity contribution in [1.29, 1.82) is 0 Å². The second-order valence-corrected chi connectivity index (χ2v) is 12.4. The number of carbonyl (C=O) groups excluding carboxylic acids is 2. The van der Waals surface area contributed by atoms with Crippen LogP contribution in [-0.2, 0) is 15.5 Å². The molecule has 3 aromatic carbocycles. The van der Waals surface area contributed by atoms with E-state index < -0.39 is 60.0 Å². The number of hydrogen-bond donors (Lipinski definition) is 2. The lowest BCUT2D eigenvalue weighted by molar-refractivity contribution is -0.137. The van der Waals surface area contributed by atoms with Crippen molar-refractivity contribution in [2.45, 2.75) is 18.6 Å². The molecule has 4 rings (SSSR count). The number of nitrogens with one attached hydrogen (secondary N) is 2. The third kappa shape index (κ3) is 5.80. The topological polar surface area (TPSA) is 78.5 Å². The Bertz CT molecular complexity index is 1500. The SMILES string of the molecule is CP(C)(=O)c1ccccc1-c1ccc(N2CCC(NC(=O)Nc3ccc(C(F)(F)F)cc3F)C2=O)c(F)c1F. The first-order chi connectivity index (χ1) is 18.2. The van der Waals surface area contributed by atoms with Gasteiger partial charge in [-0.1, -0.05) is 24.3 Å². The molecule has 1 atom stereocenters. The lowest BCUT2D eigenvalue weighted by Gasteiger charge is -2.20. The molecule has 0 radical (unpaired) electrons. The van der Waals surface area contributed by atoms with Gasteiger partial charge in [0, 0.05) is 17.4 Å². The predicted molar refractivity (Wildman–Crippen MR) is 135 cm³/mol. The van der Waals surface area contributed by atoms with Crippen molar-refractivity contribution in [3.8, 4) is 11.1 Å². The highest BCUT2D eigenvalue weighted by Crippen LogP contribution is 2.40. The lowest BCUT2D eigenvalue weighted by atomic mass is 10.0. The summed E-state index contributed by atoms with van der Waals surface area (Å²) < 4.78 is 95.2. The Morgan fingerprint density at radius 2 is 1.67 bits per heavy atom. The van der Waals surface area contributed by atoms with Crippen LogP contribution < -0.4 is 20.8 Å². The monoisotopic (exact) mass is 569 g/mol. The van der Waals surface area contributed by atoms with E-state index in [0.29, 0.717) is 11.4 Å². The number of hydrogen-bond acceptors (Lipinski definition) is 3. The number of urea groups is 1. The molecular formula is C26H22F6N3O3P. The molecule has 206 valence electrons. The van der Waals surface area contributed by atoms with Gasteiger partial charge in [-0.05, 0) is 55.6 Å². The number of rotatable bonds is 5. The van der Waals surface area contributed by atoms with E-state index in [-0.39, 0.29) is 35.8 Å². The number of halogens is 6. The number of alkyl halides is 3. The largest absolute Gasteiger partial charge is 0.416 e.